The second-order valence-electron chi connectivity index (χ2n) is 7.75. The van der Waals surface area contributed by atoms with Gasteiger partial charge >= 0.3 is 12.2 Å². The number of carbonyl (C=O) groups excluding carboxylic acids is 4. The molecule has 2 heterocycles. The van der Waals surface area contributed by atoms with Crippen molar-refractivity contribution in [1.82, 2.24) is 15.1 Å². The Balaban J connectivity index is 1.45. The molecule has 166 valence electrons. The Kier molecular flexibility index (Phi) is 5.03. The third-order valence-electron chi connectivity index (χ3n) is 5.68. The van der Waals surface area contributed by atoms with E-state index < -0.39 is 41.0 Å². The third kappa shape index (κ3) is 3.41. The zero-order chi connectivity index (χ0) is 23.3. The number of amides is 5. The van der Waals surface area contributed by atoms with Crippen LogP contribution in [0.5, 0.6) is 0 Å². The van der Waals surface area contributed by atoms with Gasteiger partial charge in [-0.25, -0.2) is 4.79 Å². The summed E-state index contributed by atoms with van der Waals surface area (Å²) in [6.07, 6.45) is -4.46. The summed E-state index contributed by atoms with van der Waals surface area (Å²) in [6, 6.07) is 9.88. The molecule has 32 heavy (non-hydrogen) atoms. The van der Waals surface area contributed by atoms with E-state index in [1.807, 2.05) is 0 Å². The highest BCUT2D eigenvalue weighted by atomic mass is 19.4. The van der Waals surface area contributed by atoms with Crippen LogP contribution >= 0.6 is 0 Å². The first-order chi connectivity index (χ1) is 15.0. The van der Waals surface area contributed by atoms with Gasteiger partial charge in [0.05, 0.1) is 16.7 Å². The summed E-state index contributed by atoms with van der Waals surface area (Å²) in [7, 11) is 0. The van der Waals surface area contributed by atoms with E-state index in [9.17, 15) is 32.3 Å². The molecule has 4 rings (SSSR count). The van der Waals surface area contributed by atoms with E-state index in [-0.39, 0.29) is 25.1 Å². The van der Waals surface area contributed by atoms with Gasteiger partial charge in [-0.3, -0.25) is 24.2 Å². The van der Waals surface area contributed by atoms with E-state index in [2.05, 4.69) is 5.32 Å². The fourth-order valence-electron chi connectivity index (χ4n) is 3.93. The Morgan fingerprint density at radius 2 is 1.47 bits per heavy atom. The van der Waals surface area contributed by atoms with Gasteiger partial charge in [-0.05, 0) is 43.2 Å². The zero-order valence-electron chi connectivity index (χ0n) is 16.9. The predicted octanol–water partition coefficient (Wildman–Crippen LogP) is 3.16. The van der Waals surface area contributed by atoms with Crippen molar-refractivity contribution in [1.29, 1.82) is 0 Å². The highest BCUT2D eigenvalue weighted by molar-refractivity contribution is 6.21. The lowest BCUT2D eigenvalue weighted by Crippen LogP contribution is -2.41. The number of imide groups is 2. The number of carbonyl (C=O) groups is 4. The van der Waals surface area contributed by atoms with Gasteiger partial charge in [0.1, 0.15) is 5.54 Å². The summed E-state index contributed by atoms with van der Waals surface area (Å²) in [4.78, 5) is 52.1. The van der Waals surface area contributed by atoms with Crippen LogP contribution in [0, 0.1) is 0 Å². The predicted molar refractivity (Wildman–Crippen MR) is 105 cm³/mol. The van der Waals surface area contributed by atoms with Crippen LogP contribution < -0.4 is 5.32 Å². The summed E-state index contributed by atoms with van der Waals surface area (Å²) in [6.45, 7) is 1.23. The number of fused-ring (bicyclic) bond motifs is 1. The van der Waals surface area contributed by atoms with Crippen molar-refractivity contribution in [2.24, 2.45) is 0 Å². The number of nitrogens with zero attached hydrogens (tertiary/aromatic N) is 2. The average molecular weight is 445 g/mol. The van der Waals surface area contributed by atoms with Crippen molar-refractivity contribution < 1.29 is 32.3 Å². The Hall–Kier alpha value is -3.69. The molecule has 5 amide bonds. The Morgan fingerprint density at radius 1 is 0.875 bits per heavy atom. The molecule has 10 heteroatoms. The lowest BCUT2D eigenvalue weighted by Gasteiger charge is -2.23. The van der Waals surface area contributed by atoms with E-state index in [0.29, 0.717) is 11.1 Å². The topological polar surface area (TPSA) is 86.8 Å². The molecule has 0 bridgehead atoms. The molecule has 2 aromatic rings. The second kappa shape index (κ2) is 7.47. The molecule has 2 aromatic carbocycles. The van der Waals surface area contributed by atoms with Crippen molar-refractivity contribution in [2.45, 2.75) is 25.1 Å². The number of benzene rings is 2. The van der Waals surface area contributed by atoms with Crippen molar-refractivity contribution in [3.63, 3.8) is 0 Å². The van der Waals surface area contributed by atoms with E-state index >= 15 is 0 Å². The molecule has 2 aliphatic rings. The quantitative estimate of drug-likeness (QED) is 0.566. The van der Waals surface area contributed by atoms with E-state index in [0.717, 1.165) is 21.9 Å². The molecule has 1 N–H and O–H groups in total. The summed E-state index contributed by atoms with van der Waals surface area (Å²) in [5.41, 5.74) is -1.99. The summed E-state index contributed by atoms with van der Waals surface area (Å²) >= 11 is 0. The minimum absolute atomic E-state index is 0.00789. The van der Waals surface area contributed by atoms with Crippen molar-refractivity contribution in [2.75, 3.05) is 13.1 Å². The lowest BCUT2D eigenvalue weighted by atomic mass is 9.90. The molecule has 1 fully saturated rings. The maximum atomic E-state index is 13.1. The number of hydrogen-bond donors (Lipinski definition) is 1. The molecule has 1 atom stereocenters. The lowest BCUT2D eigenvalue weighted by molar-refractivity contribution is -0.138. The van der Waals surface area contributed by atoms with Gasteiger partial charge < -0.3 is 5.32 Å². The number of urea groups is 1. The molecule has 0 spiro atoms. The van der Waals surface area contributed by atoms with Crippen LogP contribution in [0.25, 0.3) is 0 Å². The van der Waals surface area contributed by atoms with Crippen molar-refractivity contribution >= 4 is 23.8 Å². The Morgan fingerprint density at radius 3 is 2.06 bits per heavy atom. The molecular weight excluding hydrogens is 427 g/mol. The standard InChI is InChI=1S/C22H18F3N3O4/c1-21(13-6-4-7-14(12-13)22(23,24)25)19(31)28(20(32)26-21)11-5-10-27-17(29)15-8-2-3-9-16(15)18(27)30/h2-4,6-9,12H,5,10-11H2,1H3,(H,26,32). The summed E-state index contributed by atoms with van der Waals surface area (Å²) in [5.74, 6) is -1.60. The molecule has 7 nitrogen and oxygen atoms in total. The zero-order valence-corrected chi connectivity index (χ0v) is 16.9. The maximum Gasteiger partial charge on any atom is 0.416 e. The Labute approximate surface area is 180 Å². The maximum absolute atomic E-state index is 13.1. The van der Waals surface area contributed by atoms with Gasteiger partial charge in [0.2, 0.25) is 0 Å². The van der Waals surface area contributed by atoms with Crippen LogP contribution in [0.3, 0.4) is 0 Å². The minimum Gasteiger partial charge on any atom is -0.319 e. The highest BCUT2D eigenvalue weighted by Gasteiger charge is 2.49. The molecule has 0 saturated carbocycles. The number of halogens is 3. The van der Waals surface area contributed by atoms with Gasteiger partial charge in [0.25, 0.3) is 17.7 Å². The third-order valence-corrected chi connectivity index (χ3v) is 5.68. The molecule has 0 radical (unpaired) electrons. The van der Waals surface area contributed by atoms with Crippen LogP contribution in [-0.4, -0.2) is 46.6 Å². The van der Waals surface area contributed by atoms with Crippen LogP contribution in [0.2, 0.25) is 0 Å². The SMILES string of the molecule is CC1(c2cccc(C(F)(F)F)c2)NC(=O)N(CCCN2C(=O)c3ccccc3C2=O)C1=O. The van der Waals surface area contributed by atoms with Crippen LogP contribution in [0.4, 0.5) is 18.0 Å². The smallest absolute Gasteiger partial charge is 0.319 e. The molecular formula is C22H18F3N3O4. The van der Waals surface area contributed by atoms with E-state index in [1.165, 1.54) is 19.1 Å². The van der Waals surface area contributed by atoms with Gasteiger partial charge in [-0.2, -0.15) is 13.2 Å². The highest BCUT2D eigenvalue weighted by Crippen LogP contribution is 2.34. The monoisotopic (exact) mass is 445 g/mol. The van der Waals surface area contributed by atoms with Gasteiger partial charge in [0, 0.05) is 13.1 Å². The van der Waals surface area contributed by atoms with E-state index in [1.54, 1.807) is 24.3 Å². The van der Waals surface area contributed by atoms with Crippen LogP contribution in [0.15, 0.2) is 48.5 Å². The normalized spacial score (nSPS) is 20.8. The first-order valence-corrected chi connectivity index (χ1v) is 9.81. The fraction of sp³-hybridized carbons (Fsp3) is 0.273. The number of nitrogens with one attached hydrogen (secondary N) is 1. The average Bonchev–Trinajstić information content (AvgIpc) is 3.13. The van der Waals surface area contributed by atoms with Gasteiger partial charge in [0.15, 0.2) is 0 Å². The number of alkyl halides is 3. The molecule has 1 unspecified atom stereocenters. The van der Waals surface area contributed by atoms with Crippen molar-refractivity contribution in [3.05, 3.63) is 70.8 Å². The molecule has 2 aliphatic heterocycles. The van der Waals surface area contributed by atoms with Crippen LogP contribution in [0.1, 0.15) is 45.2 Å². The van der Waals surface area contributed by atoms with E-state index in [4.69, 9.17) is 0 Å². The molecule has 0 aliphatic carbocycles. The molecule has 1 saturated heterocycles. The minimum atomic E-state index is -4.59. The Bertz CT molecular complexity index is 1110. The van der Waals surface area contributed by atoms with Crippen LogP contribution in [-0.2, 0) is 16.5 Å². The first-order valence-electron chi connectivity index (χ1n) is 9.81. The summed E-state index contributed by atoms with van der Waals surface area (Å²) in [5, 5.41) is 2.46. The molecule has 0 aromatic heterocycles. The first kappa shape index (κ1) is 21.5. The number of rotatable bonds is 5. The second-order valence-corrected chi connectivity index (χ2v) is 7.75. The summed E-state index contributed by atoms with van der Waals surface area (Å²) < 4.78 is 39.2. The number of hydrogen-bond acceptors (Lipinski definition) is 4. The van der Waals surface area contributed by atoms with Crippen molar-refractivity contribution in [3.8, 4) is 0 Å². The largest absolute Gasteiger partial charge is 0.416 e. The van der Waals surface area contributed by atoms with Gasteiger partial charge in [-0.15, -0.1) is 0 Å². The van der Waals surface area contributed by atoms with Gasteiger partial charge in [-0.1, -0.05) is 24.3 Å². The fourth-order valence-corrected chi connectivity index (χ4v) is 3.93.